The number of nitrogens with one attached hydrogen (secondary N) is 2. The van der Waals surface area contributed by atoms with Crippen molar-refractivity contribution in [1.29, 1.82) is 0 Å². The summed E-state index contributed by atoms with van der Waals surface area (Å²) in [6, 6.07) is 7.99. The second kappa shape index (κ2) is 8.18. The summed E-state index contributed by atoms with van der Waals surface area (Å²) < 4.78 is 8.23. The Morgan fingerprint density at radius 3 is 2.79 bits per heavy atom. The average Bonchev–Trinajstić information content (AvgIpc) is 3.28. The number of ether oxygens (including phenoxy) is 1. The van der Waals surface area contributed by atoms with E-state index in [1.54, 1.807) is 0 Å². The number of halogens is 1. The average molecular weight is 510 g/mol. The molecule has 4 atom stereocenters. The molecule has 0 radical (unpaired) electrons. The fourth-order valence-electron chi connectivity index (χ4n) is 3.24. The quantitative estimate of drug-likeness (QED) is 0.363. The molecule has 4 N–H and O–H groups in total. The molecule has 3 heterocycles. The lowest BCUT2D eigenvalue weighted by molar-refractivity contribution is -0.137. The highest BCUT2D eigenvalue weighted by atomic mass is 127. The number of aromatic nitrogens is 4. The third-order valence-corrected chi connectivity index (χ3v) is 5.83. The van der Waals surface area contributed by atoms with Crippen molar-refractivity contribution in [3.63, 3.8) is 0 Å². The zero-order valence-corrected chi connectivity index (χ0v) is 17.5. The zero-order valence-electron chi connectivity index (χ0n) is 15.4. The number of fused-ring (bicyclic) bond motifs is 1. The first kappa shape index (κ1) is 19.9. The molecular formula is C18H19IN6O4. The molecule has 1 fully saturated rings. The van der Waals surface area contributed by atoms with Crippen molar-refractivity contribution in [2.75, 3.05) is 12.4 Å². The number of nitrogens with zero attached hydrogens (tertiary/aromatic N) is 4. The standard InChI is InChI=1S/C18H19IN6O4/c1-20-17(28)14-12(26)13(27)18(29-14)25-8-24-11-15(22-7-23-16(11)25)21-6-9-4-2-3-5-10(9)19/h2-5,7-8,12-14,18,26-27H,6H2,1H3,(H,20,28)(H,21,22,23). The summed E-state index contributed by atoms with van der Waals surface area (Å²) >= 11 is 2.27. The van der Waals surface area contributed by atoms with Crippen LogP contribution in [0, 0.1) is 3.57 Å². The van der Waals surface area contributed by atoms with Gasteiger partial charge in [0.25, 0.3) is 5.91 Å². The van der Waals surface area contributed by atoms with E-state index in [0.717, 1.165) is 9.13 Å². The van der Waals surface area contributed by atoms with E-state index < -0.39 is 30.4 Å². The first-order valence-electron chi connectivity index (χ1n) is 8.89. The summed E-state index contributed by atoms with van der Waals surface area (Å²) in [6.07, 6.45) is -2.03. The van der Waals surface area contributed by atoms with Crippen LogP contribution in [0.15, 0.2) is 36.9 Å². The van der Waals surface area contributed by atoms with Crippen LogP contribution in [0.2, 0.25) is 0 Å². The van der Waals surface area contributed by atoms with Crippen LogP contribution in [-0.4, -0.2) is 61.0 Å². The SMILES string of the molecule is CNC(=O)C1OC(n2cnc3c(NCc4ccccc4I)ncnc32)C(O)C1O. The Bertz CT molecular complexity index is 1040. The minimum absolute atomic E-state index is 0.416. The van der Waals surface area contributed by atoms with Gasteiger partial charge in [-0.05, 0) is 34.2 Å². The smallest absolute Gasteiger partial charge is 0.251 e. The molecule has 10 nitrogen and oxygen atoms in total. The van der Waals surface area contributed by atoms with Crippen LogP contribution in [-0.2, 0) is 16.1 Å². The first-order valence-corrected chi connectivity index (χ1v) is 9.97. The summed E-state index contributed by atoms with van der Waals surface area (Å²) in [6.45, 7) is 0.554. The van der Waals surface area contributed by atoms with Crippen molar-refractivity contribution in [2.45, 2.75) is 31.1 Å². The third kappa shape index (κ3) is 3.66. The molecule has 4 rings (SSSR count). The van der Waals surface area contributed by atoms with Gasteiger partial charge in [-0.3, -0.25) is 9.36 Å². The normalized spacial score (nSPS) is 24.0. The van der Waals surface area contributed by atoms with E-state index in [1.165, 1.54) is 24.3 Å². The van der Waals surface area contributed by atoms with Gasteiger partial charge in [0.1, 0.15) is 18.5 Å². The lowest BCUT2D eigenvalue weighted by atomic mass is 10.1. The van der Waals surface area contributed by atoms with Crippen molar-refractivity contribution in [3.8, 4) is 0 Å². The van der Waals surface area contributed by atoms with Crippen molar-refractivity contribution in [3.05, 3.63) is 46.1 Å². The highest BCUT2D eigenvalue weighted by molar-refractivity contribution is 14.1. The number of benzene rings is 1. The van der Waals surface area contributed by atoms with Gasteiger partial charge in [-0.2, -0.15) is 0 Å². The van der Waals surface area contributed by atoms with Crippen LogP contribution in [0.3, 0.4) is 0 Å². The highest BCUT2D eigenvalue weighted by Crippen LogP contribution is 2.32. The molecule has 152 valence electrons. The summed E-state index contributed by atoms with van der Waals surface area (Å²) in [5.74, 6) is 0.0159. The fourth-order valence-corrected chi connectivity index (χ4v) is 3.81. The molecule has 11 heteroatoms. The van der Waals surface area contributed by atoms with E-state index in [-0.39, 0.29) is 0 Å². The topological polar surface area (TPSA) is 134 Å². The summed E-state index contributed by atoms with van der Waals surface area (Å²) in [5.41, 5.74) is 2.02. The molecule has 2 aromatic heterocycles. The Balaban J connectivity index is 1.61. The van der Waals surface area contributed by atoms with Gasteiger partial charge >= 0.3 is 0 Å². The predicted octanol–water partition coefficient (Wildman–Crippen LogP) is 0.408. The lowest BCUT2D eigenvalue weighted by Crippen LogP contribution is -2.41. The minimum Gasteiger partial charge on any atom is -0.387 e. The maximum atomic E-state index is 11.9. The number of carbonyl (C=O) groups is 1. The van der Waals surface area contributed by atoms with E-state index in [1.807, 2.05) is 24.3 Å². The van der Waals surface area contributed by atoms with Crippen molar-refractivity contribution in [1.82, 2.24) is 24.8 Å². The van der Waals surface area contributed by atoms with Gasteiger partial charge in [0, 0.05) is 17.2 Å². The Kier molecular flexibility index (Phi) is 5.63. The number of aliphatic hydroxyl groups is 2. The Morgan fingerprint density at radius 2 is 2.03 bits per heavy atom. The molecule has 0 saturated carbocycles. The van der Waals surface area contributed by atoms with Crippen molar-refractivity contribution < 1.29 is 19.7 Å². The number of imidazole rings is 1. The van der Waals surface area contributed by atoms with E-state index in [9.17, 15) is 15.0 Å². The number of hydrogen-bond donors (Lipinski definition) is 4. The molecule has 1 aromatic carbocycles. The molecule has 0 bridgehead atoms. The van der Waals surface area contributed by atoms with Gasteiger partial charge in [-0.1, -0.05) is 18.2 Å². The van der Waals surface area contributed by atoms with Crippen LogP contribution in [0.4, 0.5) is 5.82 Å². The summed E-state index contributed by atoms with van der Waals surface area (Å²) in [5, 5.41) is 26.2. The molecule has 0 spiro atoms. The molecule has 29 heavy (non-hydrogen) atoms. The van der Waals surface area contributed by atoms with E-state index in [2.05, 4.69) is 48.2 Å². The number of carbonyl (C=O) groups excluding carboxylic acids is 1. The van der Waals surface area contributed by atoms with E-state index in [4.69, 9.17) is 4.74 Å². The number of aliphatic hydroxyl groups excluding tert-OH is 2. The van der Waals surface area contributed by atoms with Crippen LogP contribution in [0.5, 0.6) is 0 Å². The number of anilines is 1. The second-order valence-corrected chi connectivity index (χ2v) is 7.70. The Labute approximate surface area is 179 Å². The number of hydrogen-bond acceptors (Lipinski definition) is 8. The molecule has 1 aliphatic rings. The monoisotopic (exact) mass is 510 g/mol. The molecule has 0 aliphatic carbocycles. The molecule has 1 saturated heterocycles. The lowest BCUT2D eigenvalue weighted by Gasteiger charge is -2.16. The maximum Gasteiger partial charge on any atom is 0.251 e. The van der Waals surface area contributed by atoms with Gasteiger partial charge in [0.15, 0.2) is 29.3 Å². The number of likely N-dealkylation sites (N-methyl/N-ethyl adjacent to an activating group) is 1. The maximum absolute atomic E-state index is 11.9. The number of amides is 1. The Hall–Kier alpha value is -2.35. The predicted molar refractivity (Wildman–Crippen MR) is 112 cm³/mol. The molecular weight excluding hydrogens is 491 g/mol. The van der Waals surface area contributed by atoms with Gasteiger partial charge in [0.05, 0.1) is 6.33 Å². The minimum atomic E-state index is -1.36. The van der Waals surface area contributed by atoms with Crippen molar-refractivity contribution >= 4 is 45.5 Å². The molecule has 1 amide bonds. The van der Waals surface area contributed by atoms with Crippen LogP contribution in [0.25, 0.3) is 11.2 Å². The van der Waals surface area contributed by atoms with Crippen LogP contribution >= 0.6 is 22.6 Å². The highest BCUT2D eigenvalue weighted by Gasteiger charge is 2.47. The van der Waals surface area contributed by atoms with Gasteiger partial charge in [-0.25, -0.2) is 15.0 Å². The van der Waals surface area contributed by atoms with E-state index in [0.29, 0.717) is 23.5 Å². The fraction of sp³-hybridized carbons (Fsp3) is 0.333. The van der Waals surface area contributed by atoms with Crippen molar-refractivity contribution in [2.24, 2.45) is 0 Å². The summed E-state index contributed by atoms with van der Waals surface area (Å²) in [4.78, 5) is 24.7. The van der Waals surface area contributed by atoms with Gasteiger partial charge < -0.3 is 25.6 Å². The first-order chi connectivity index (χ1) is 14.0. The third-order valence-electron chi connectivity index (χ3n) is 4.78. The van der Waals surface area contributed by atoms with E-state index >= 15 is 0 Å². The molecule has 3 aromatic rings. The second-order valence-electron chi connectivity index (χ2n) is 6.53. The van der Waals surface area contributed by atoms with Gasteiger partial charge in [0.2, 0.25) is 0 Å². The molecule has 4 unspecified atom stereocenters. The number of rotatable bonds is 5. The zero-order chi connectivity index (χ0) is 20.5. The van der Waals surface area contributed by atoms with Crippen LogP contribution < -0.4 is 10.6 Å². The van der Waals surface area contributed by atoms with Gasteiger partial charge in [-0.15, -0.1) is 0 Å². The van der Waals surface area contributed by atoms with Crippen LogP contribution in [0.1, 0.15) is 11.8 Å². The Morgan fingerprint density at radius 1 is 1.24 bits per heavy atom. The summed E-state index contributed by atoms with van der Waals surface area (Å²) in [7, 11) is 1.43. The molecule has 1 aliphatic heterocycles. The largest absolute Gasteiger partial charge is 0.387 e.